The van der Waals surface area contributed by atoms with Gasteiger partial charge in [-0.25, -0.2) is 0 Å². The minimum atomic E-state index is -0.0996. The van der Waals surface area contributed by atoms with Crippen LogP contribution in [0.1, 0.15) is 16.7 Å². The molecule has 0 aliphatic rings. The number of para-hydroxylation sites is 1. The van der Waals surface area contributed by atoms with E-state index in [1.54, 1.807) is 24.4 Å². The molecule has 0 saturated carbocycles. The van der Waals surface area contributed by atoms with E-state index in [1.165, 1.54) is 11.8 Å². The number of phenolic OH excluding ortho intramolecular Hbond substituents is 1. The van der Waals surface area contributed by atoms with Crippen LogP contribution in [-0.2, 0) is 19.4 Å². The number of nitrogens with zero attached hydrogens (tertiary/aromatic N) is 1. The maximum Gasteiger partial charge on any atom is 0.123 e. The second-order valence-electron chi connectivity index (χ2n) is 6.63. The number of nitrogens with one attached hydrogen (secondary N) is 2. The van der Waals surface area contributed by atoms with E-state index in [0.29, 0.717) is 24.1 Å². The summed E-state index contributed by atoms with van der Waals surface area (Å²) in [5.41, 5.74) is 15.7. The van der Waals surface area contributed by atoms with E-state index >= 15 is 0 Å². The predicted molar refractivity (Wildman–Crippen MR) is 120 cm³/mol. The molecular formula is C23H29N5O. The van der Waals surface area contributed by atoms with E-state index < -0.39 is 0 Å². The van der Waals surface area contributed by atoms with Crippen LogP contribution in [-0.4, -0.2) is 30.7 Å². The summed E-state index contributed by atoms with van der Waals surface area (Å²) in [5.74, 6) is 0.106. The van der Waals surface area contributed by atoms with Crippen LogP contribution in [0.3, 0.4) is 0 Å². The molecule has 0 unspecified atom stereocenters. The van der Waals surface area contributed by atoms with Gasteiger partial charge < -0.3 is 21.9 Å². The van der Waals surface area contributed by atoms with Crippen molar-refractivity contribution in [2.75, 3.05) is 13.6 Å². The van der Waals surface area contributed by atoms with Crippen molar-refractivity contribution in [3.63, 3.8) is 0 Å². The van der Waals surface area contributed by atoms with Gasteiger partial charge in [-0.15, -0.1) is 0 Å². The number of nitrogens with two attached hydrogens (primary N) is 2. The van der Waals surface area contributed by atoms with E-state index in [2.05, 4.69) is 34.6 Å². The summed E-state index contributed by atoms with van der Waals surface area (Å²) in [6.45, 7) is 1.46. The van der Waals surface area contributed by atoms with Crippen molar-refractivity contribution >= 4 is 12.1 Å². The van der Waals surface area contributed by atoms with Gasteiger partial charge in [-0.3, -0.25) is 10.4 Å². The zero-order valence-electron chi connectivity index (χ0n) is 16.7. The first kappa shape index (κ1) is 21.9. The SMILES string of the molecule is CNCCc1ccc(CN=CC(=C\N)/C(=C/Cc2ccccc2O)C(=N)N)cc1. The third kappa shape index (κ3) is 6.93. The third-order valence-electron chi connectivity index (χ3n) is 4.49. The summed E-state index contributed by atoms with van der Waals surface area (Å²) in [7, 11) is 1.94. The summed E-state index contributed by atoms with van der Waals surface area (Å²) in [4.78, 5) is 4.45. The van der Waals surface area contributed by atoms with Crippen LogP contribution in [0.25, 0.3) is 0 Å². The van der Waals surface area contributed by atoms with Crippen molar-refractivity contribution in [2.45, 2.75) is 19.4 Å². The Balaban J connectivity index is 2.06. The summed E-state index contributed by atoms with van der Waals surface area (Å²) in [6.07, 6.45) is 6.22. The lowest BCUT2D eigenvalue weighted by molar-refractivity contribution is 0.469. The Hall–Kier alpha value is -3.38. The summed E-state index contributed by atoms with van der Waals surface area (Å²) >= 11 is 0. The molecule has 0 fully saturated rings. The number of amidine groups is 1. The summed E-state index contributed by atoms with van der Waals surface area (Å²) in [5, 5.41) is 20.9. The zero-order chi connectivity index (χ0) is 21.1. The van der Waals surface area contributed by atoms with Gasteiger partial charge in [-0.1, -0.05) is 48.5 Å². The Morgan fingerprint density at radius 2 is 1.83 bits per heavy atom. The fourth-order valence-corrected chi connectivity index (χ4v) is 2.81. The van der Waals surface area contributed by atoms with Gasteiger partial charge in [-0.05, 0) is 49.2 Å². The predicted octanol–water partition coefficient (Wildman–Crippen LogP) is 2.67. The van der Waals surface area contributed by atoms with Crippen molar-refractivity contribution in [3.8, 4) is 5.75 Å². The van der Waals surface area contributed by atoms with E-state index in [-0.39, 0.29) is 11.6 Å². The lowest BCUT2D eigenvalue weighted by Gasteiger charge is -2.08. The van der Waals surface area contributed by atoms with Crippen molar-refractivity contribution < 1.29 is 5.11 Å². The molecule has 2 rings (SSSR count). The molecule has 0 spiro atoms. The number of allylic oxidation sites excluding steroid dienone is 1. The van der Waals surface area contributed by atoms with E-state index in [9.17, 15) is 5.11 Å². The zero-order valence-corrected chi connectivity index (χ0v) is 16.7. The van der Waals surface area contributed by atoms with Crippen LogP contribution in [0.2, 0.25) is 0 Å². The molecule has 0 amide bonds. The standard InChI is InChI=1S/C23H29N5O/c1-27-13-12-17-6-8-18(9-7-17)15-28-16-20(14-24)21(23(25)26)11-10-19-4-2-3-5-22(19)29/h2-9,11,14,16,27,29H,10,12-13,15,24H2,1H3,(H3,25,26)/b20-14+,21-11-,28-16?. The maximum absolute atomic E-state index is 9.91. The second-order valence-corrected chi connectivity index (χ2v) is 6.63. The minimum Gasteiger partial charge on any atom is -0.508 e. The fraction of sp³-hybridized carbons (Fsp3) is 0.217. The molecule has 0 aromatic heterocycles. The smallest absolute Gasteiger partial charge is 0.123 e. The highest BCUT2D eigenvalue weighted by Crippen LogP contribution is 2.18. The van der Waals surface area contributed by atoms with E-state index in [1.807, 2.05) is 19.2 Å². The molecule has 0 atom stereocenters. The number of benzene rings is 2. The number of likely N-dealkylation sites (N-methyl/N-ethyl adjacent to an activating group) is 1. The quantitative estimate of drug-likeness (QED) is 0.243. The highest BCUT2D eigenvalue weighted by molar-refractivity contribution is 6.06. The first-order valence-electron chi connectivity index (χ1n) is 9.51. The van der Waals surface area contributed by atoms with Crippen LogP contribution in [0, 0.1) is 5.41 Å². The second kappa shape index (κ2) is 11.5. The Bertz CT molecular complexity index is 898. The first-order chi connectivity index (χ1) is 14.0. The molecule has 0 bridgehead atoms. The van der Waals surface area contributed by atoms with Gasteiger partial charge >= 0.3 is 0 Å². The Labute approximate surface area is 172 Å². The molecule has 0 aliphatic heterocycles. The van der Waals surface area contributed by atoms with Gasteiger partial charge in [0.05, 0.1) is 6.54 Å². The minimum absolute atomic E-state index is 0.0996. The van der Waals surface area contributed by atoms with Crippen molar-refractivity contribution in [1.82, 2.24) is 5.32 Å². The van der Waals surface area contributed by atoms with E-state index in [0.717, 1.165) is 24.1 Å². The third-order valence-corrected chi connectivity index (χ3v) is 4.49. The van der Waals surface area contributed by atoms with Crippen molar-refractivity contribution in [3.05, 3.63) is 88.6 Å². The average Bonchev–Trinajstić information content (AvgIpc) is 2.73. The molecule has 6 heteroatoms. The molecule has 29 heavy (non-hydrogen) atoms. The molecule has 0 heterocycles. The molecule has 0 aliphatic carbocycles. The number of phenols is 1. The summed E-state index contributed by atoms with van der Waals surface area (Å²) < 4.78 is 0. The lowest BCUT2D eigenvalue weighted by atomic mass is 10.0. The number of hydrogen-bond acceptors (Lipinski definition) is 5. The Morgan fingerprint density at radius 1 is 1.14 bits per heavy atom. The average molecular weight is 392 g/mol. The van der Waals surface area contributed by atoms with Crippen LogP contribution >= 0.6 is 0 Å². The first-order valence-corrected chi connectivity index (χ1v) is 9.51. The van der Waals surface area contributed by atoms with Crippen LogP contribution in [0.5, 0.6) is 5.75 Å². The van der Waals surface area contributed by atoms with E-state index in [4.69, 9.17) is 16.9 Å². The molecule has 6 nitrogen and oxygen atoms in total. The van der Waals surface area contributed by atoms with Crippen LogP contribution in [0.15, 0.2) is 76.9 Å². The largest absolute Gasteiger partial charge is 0.508 e. The van der Waals surface area contributed by atoms with Crippen LogP contribution in [0.4, 0.5) is 0 Å². The van der Waals surface area contributed by atoms with Gasteiger partial charge in [0.15, 0.2) is 0 Å². The number of hydrogen-bond donors (Lipinski definition) is 5. The van der Waals surface area contributed by atoms with Crippen molar-refractivity contribution in [2.24, 2.45) is 16.5 Å². The molecule has 152 valence electrons. The lowest BCUT2D eigenvalue weighted by Crippen LogP contribution is -2.16. The fourth-order valence-electron chi connectivity index (χ4n) is 2.81. The molecule has 0 saturated heterocycles. The van der Waals surface area contributed by atoms with Gasteiger partial charge in [0.25, 0.3) is 0 Å². The molecule has 0 radical (unpaired) electrons. The number of aromatic hydroxyl groups is 1. The molecule has 2 aromatic rings. The monoisotopic (exact) mass is 391 g/mol. The normalized spacial score (nSPS) is 12.4. The highest BCUT2D eigenvalue weighted by Gasteiger charge is 2.07. The number of rotatable bonds is 10. The molecule has 7 N–H and O–H groups in total. The maximum atomic E-state index is 9.91. The Morgan fingerprint density at radius 3 is 2.45 bits per heavy atom. The van der Waals surface area contributed by atoms with Gasteiger partial charge in [0.2, 0.25) is 0 Å². The topological polar surface area (TPSA) is 121 Å². The van der Waals surface area contributed by atoms with Gasteiger partial charge in [0.1, 0.15) is 11.6 Å². The van der Waals surface area contributed by atoms with Gasteiger partial charge in [0, 0.05) is 23.6 Å². The molecule has 2 aromatic carbocycles. The van der Waals surface area contributed by atoms with Gasteiger partial charge in [-0.2, -0.15) is 0 Å². The van der Waals surface area contributed by atoms with Crippen molar-refractivity contribution in [1.29, 1.82) is 5.41 Å². The molecular weight excluding hydrogens is 362 g/mol. The number of aliphatic imine (C=N–C) groups is 1. The Kier molecular flexibility index (Phi) is 8.66. The highest BCUT2D eigenvalue weighted by atomic mass is 16.3. The van der Waals surface area contributed by atoms with Crippen LogP contribution < -0.4 is 16.8 Å². The summed E-state index contributed by atoms with van der Waals surface area (Å²) in [6, 6.07) is 15.4.